The molecule has 0 fully saturated rings. The van der Waals surface area contributed by atoms with Crippen molar-refractivity contribution in [2.24, 2.45) is 0 Å². The zero-order chi connectivity index (χ0) is 13.3. The van der Waals surface area contributed by atoms with E-state index in [1.165, 1.54) is 12.1 Å². The van der Waals surface area contributed by atoms with E-state index in [-0.39, 0.29) is 5.82 Å². The fourth-order valence-corrected chi connectivity index (χ4v) is 2.22. The van der Waals surface area contributed by atoms with Crippen LogP contribution in [0, 0.1) is 19.7 Å². The van der Waals surface area contributed by atoms with Crippen LogP contribution in [0.5, 0.6) is 0 Å². The average Bonchev–Trinajstić information content (AvgIpc) is 2.32. The average molecular weight is 265 g/mol. The number of aliphatic hydroxyl groups is 1. The zero-order valence-electron chi connectivity index (χ0n) is 10.2. The molecular formula is C15H14ClFO. The molecule has 0 bridgehead atoms. The summed E-state index contributed by atoms with van der Waals surface area (Å²) < 4.78 is 13.0. The van der Waals surface area contributed by atoms with Crippen LogP contribution in [0.1, 0.15) is 28.4 Å². The molecule has 94 valence electrons. The van der Waals surface area contributed by atoms with Gasteiger partial charge in [0, 0.05) is 10.6 Å². The number of rotatable bonds is 2. The molecule has 0 aliphatic rings. The van der Waals surface area contributed by atoms with Crippen molar-refractivity contribution >= 4 is 11.6 Å². The number of aryl methyl sites for hydroxylation is 2. The normalized spacial score (nSPS) is 12.5. The van der Waals surface area contributed by atoms with Crippen molar-refractivity contribution in [1.29, 1.82) is 0 Å². The Hall–Kier alpha value is -1.38. The van der Waals surface area contributed by atoms with Crippen LogP contribution in [0.4, 0.5) is 4.39 Å². The molecule has 0 radical (unpaired) electrons. The number of hydrogen-bond acceptors (Lipinski definition) is 1. The van der Waals surface area contributed by atoms with E-state index < -0.39 is 6.10 Å². The van der Waals surface area contributed by atoms with Crippen molar-refractivity contribution in [3.8, 4) is 0 Å². The molecule has 1 atom stereocenters. The van der Waals surface area contributed by atoms with E-state index in [1.807, 2.05) is 19.1 Å². The van der Waals surface area contributed by atoms with Crippen molar-refractivity contribution in [3.05, 3.63) is 69.5 Å². The third-order valence-corrected chi connectivity index (χ3v) is 3.56. The lowest BCUT2D eigenvalue weighted by molar-refractivity contribution is 0.219. The zero-order valence-corrected chi connectivity index (χ0v) is 11.0. The lowest BCUT2D eigenvalue weighted by Gasteiger charge is -2.16. The number of benzene rings is 2. The number of aliphatic hydroxyl groups excluding tert-OH is 1. The fourth-order valence-electron chi connectivity index (χ4n) is 1.99. The summed E-state index contributed by atoms with van der Waals surface area (Å²) in [6.45, 7) is 3.65. The molecule has 2 aromatic carbocycles. The second-order valence-corrected chi connectivity index (χ2v) is 4.76. The molecule has 1 nitrogen and oxygen atoms in total. The molecule has 1 unspecified atom stereocenters. The van der Waals surface area contributed by atoms with E-state index in [2.05, 4.69) is 0 Å². The van der Waals surface area contributed by atoms with Gasteiger partial charge in [-0.05, 0) is 42.7 Å². The Kier molecular flexibility index (Phi) is 3.69. The standard InChI is InChI=1S/C15H14ClFO/c1-9-4-3-5-13(14(9)16)15(18)12-7-6-11(17)8-10(12)2/h3-8,15,18H,1-2H3. The molecule has 0 spiro atoms. The largest absolute Gasteiger partial charge is 0.384 e. The summed E-state index contributed by atoms with van der Waals surface area (Å²) in [7, 11) is 0. The van der Waals surface area contributed by atoms with Crippen LogP contribution in [-0.4, -0.2) is 5.11 Å². The molecule has 0 aliphatic carbocycles. The minimum absolute atomic E-state index is 0.307. The summed E-state index contributed by atoms with van der Waals surface area (Å²) in [5, 5.41) is 10.9. The molecule has 0 heterocycles. The van der Waals surface area contributed by atoms with Crippen LogP contribution >= 0.6 is 11.6 Å². The smallest absolute Gasteiger partial charge is 0.123 e. The van der Waals surface area contributed by atoms with E-state index in [0.717, 1.165) is 5.56 Å². The maximum absolute atomic E-state index is 13.0. The highest BCUT2D eigenvalue weighted by molar-refractivity contribution is 6.32. The first-order chi connectivity index (χ1) is 8.50. The lowest BCUT2D eigenvalue weighted by Crippen LogP contribution is -2.03. The molecule has 0 saturated heterocycles. The van der Waals surface area contributed by atoms with Crippen LogP contribution in [0.15, 0.2) is 36.4 Å². The summed E-state index contributed by atoms with van der Waals surface area (Å²) in [4.78, 5) is 0. The van der Waals surface area contributed by atoms with E-state index >= 15 is 0 Å². The first kappa shape index (κ1) is 13.1. The van der Waals surface area contributed by atoms with E-state index in [4.69, 9.17) is 11.6 Å². The molecule has 2 aromatic rings. The van der Waals surface area contributed by atoms with Crippen LogP contribution in [-0.2, 0) is 0 Å². The lowest BCUT2D eigenvalue weighted by atomic mass is 9.96. The maximum atomic E-state index is 13.0. The van der Waals surface area contributed by atoms with Crippen molar-refractivity contribution in [2.45, 2.75) is 20.0 Å². The predicted octanol–water partition coefficient (Wildman–Crippen LogP) is 4.18. The predicted molar refractivity (Wildman–Crippen MR) is 71.4 cm³/mol. The molecule has 3 heteroatoms. The monoisotopic (exact) mass is 264 g/mol. The van der Waals surface area contributed by atoms with Gasteiger partial charge in [-0.1, -0.05) is 35.9 Å². The number of halogens is 2. The molecule has 0 aliphatic heterocycles. The minimum atomic E-state index is -0.835. The van der Waals surface area contributed by atoms with Gasteiger partial charge in [0.25, 0.3) is 0 Å². The van der Waals surface area contributed by atoms with Crippen LogP contribution in [0.3, 0.4) is 0 Å². The van der Waals surface area contributed by atoms with Gasteiger partial charge in [-0.3, -0.25) is 0 Å². The minimum Gasteiger partial charge on any atom is -0.384 e. The molecule has 0 amide bonds. The van der Waals surface area contributed by atoms with Crippen molar-refractivity contribution in [2.75, 3.05) is 0 Å². The Morgan fingerprint density at radius 2 is 1.78 bits per heavy atom. The van der Waals surface area contributed by atoms with Crippen LogP contribution < -0.4 is 0 Å². The Bertz CT molecular complexity index is 581. The molecule has 0 aromatic heterocycles. The highest BCUT2D eigenvalue weighted by Gasteiger charge is 2.16. The van der Waals surface area contributed by atoms with Gasteiger partial charge >= 0.3 is 0 Å². The maximum Gasteiger partial charge on any atom is 0.123 e. The summed E-state index contributed by atoms with van der Waals surface area (Å²) in [6, 6.07) is 9.85. The Morgan fingerprint density at radius 1 is 1.06 bits per heavy atom. The molecule has 0 saturated carbocycles. The molecule has 1 N–H and O–H groups in total. The highest BCUT2D eigenvalue weighted by Crippen LogP contribution is 2.31. The Balaban J connectivity index is 2.48. The van der Waals surface area contributed by atoms with E-state index in [1.54, 1.807) is 19.1 Å². The first-order valence-corrected chi connectivity index (χ1v) is 6.07. The summed E-state index contributed by atoms with van der Waals surface area (Å²) in [5.41, 5.74) is 2.93. The first-order valence-electron chi connectivity index (χ1n) is 5.70. The molecule has 2 rings (SSSR count). The van der Waals surface area contributed by atoms with Crippen molar-refractivity contribution < 1.29 is 9.50 Å². The SMILES string of the molecule is Cc1cc(F)ccc1C(O)c1cccc(C)c1Cl. The quantitative estimate of drug-likeness (QED) is 0.863. The van der Waals surface area contributed by atoms with Crippen molar-refractivity contribution in [3.63, 3.8) is 0 Å². The summed E-state index contributed by atoms with van der Waals surface area (Å²) >= 11 is 6.19. The van der Waals surface area contributed by atoms with Crippen LogP contribution in [0.25, 0.3) is 0 Å². The van der Waals surface area contributed by atoms with Gasteiger partial charge in [0.15, 0.2) is 0 Å². The van der Waals surface area contributed by atoms with Gasteiger partial charge < -0.3 is 5.11 Å². The number of hydrogen-bond donors (Lipinski definition) is 1. The topological polar surface area (TPSA) is 20.2 Å². The second kappa shape index (κ2) is 5.09. The Labute approximate surface area is 111 Å². The van der Waals surface area contributed by atoms with Gasteiger partial charge in [-0.25, -0.2) is 4.39 Å². The molecular weight excluding hydrogens is 251 g/mol. The summed E-state index contributed by atoms with van der Waals surface area (Å²) in [5.74, 6) is -0.307. The van der Waals surface area contributed by atoms with Gasteiger partial charge in [-0.15, -0.1) is 0 Å². The van der Waals surface area contributed by atoms with E-state index in [9.17, 15) is 9.50 Å². The third kappa shape index (κ3) is 2.40. The van der Waals surface area contributed by atoms with E-state index in [0.29, 0.717) is 21.7 Å². The third-order valence-electron chi connectivity index (χ3n) is 3.04. The van der Waals surface area contributed by atoms with Gasteiger partial charge in [0.1, 0.15) is 11.9 Å². The second-order valence-electron chi connectivity index (χ2n) is 4.38. The fraction of sp³-hybridized carbons (Fsp3) is 0.200. The van der Waals surface area contributed by atoms with Gasteiger partial charge in [-0.2, -0.15) is 0 Å². The van der Waals surface area contributed by atoms with Gasteiger partial charge in [0.2, 0.25) is 0 Å². The van der Waals surface area contributed by atoms with Gasteiger partial charge in [0.05, 0.1) is 0 Å². The Morgan fingerprint density at radius 3 is 2.44 bits per heavy atom. The van der Waals surface area contributed by atoms with Crippen molar-refractivity contribution in [1.82, 2.24) is 0 Å². The molecule has 18 heavy (non-hydrogen) atoms. The van der Waals surface area contributed by atoms with Crippen LogP contribution in [0.2, 0.25) is 5.02 Å². The summed E-state index contributed by atoms with van der Waals surface area (Å²) in [6.07, 6.45) is -0.835. The highest BCUT2D eigenvalue weighted by atomic mass is 35.5.